The van der Waals surface area contributed by atoms with E-state index in [1.165, 1.54) is 37.1 Å². The molecule has 2 nitrogen and oxygen atoms in total. The molecule has 1 fully saturated rings. The van der Waals surface area contributed by atoms with Crippen LogP contribution in [0.25, 0.3) is 0 Å². The van der Waals surface area contributed by atoms with Gasteiger partial charge in [0.15, 0.2) is 0 Å². The fourth-order valence-electron chi connectivity index (χ4n) is 2.53. The number of rotatable bonds is 5. The first-order valence-electron chi connectivity index (χ1n) is 6.47. The minimum absolute atomic E-state index is 0.662. The molecule has 0 bridgehead atoms. The molecule has 1 unspecified atom stereocenters. The molecular formula is C14H20N2. The molecule has 2 aliphatic rings. The molecule has 16 heavy (non-hydrogen) atoms. The van der Waals surface area contributed by atoms with E-state index in [2.05, 4.69) is 34.9 Å². The third kappa shape index (κ3) is 2.22. The van der Waals surface area contributed by atoms with Crippen molar-refractivity contribution in [2.24, 2.45) is 5.92 Å². The molecule has 0 amide bonds. The summed E-state index contributed by atoms with van der Waals surface area (Å²) in [5, 5.41) is 7.07. The number of fused-ring (bicyclic) bond motifs is 1. The lowest BCUT2D eigenvalue weighted by atomic mass is 10.0. The lowest BCUT2D eigenvalue weighted by Gasteiger charge is -2.11. The maximum atomic E-state index is 3.60. The summed E-state index contributed by atoms with van der Waals surface area (Å²) in [4.78, 5) is 0. The molecule has 2 heteroatoms. The summed E-state index contributed by atoms with van der Waals surface area (Å²) in [5.74, 6) is 1.71. The van der Waals surface area contributed by atoms with Gasteiger partial charge >= 0.3 is 0 Å². The van der Waals surface area contributed by atoms with E-state index >= 15 is 0 Å². The number of benzene rings is 1. The van der Waals surface area contributed by atoms with Gasteiger partial charge in [-0.3, -0.25) is 0 Å². The second-order valence-electron chi connectivity index (χ2n) is 5.10. The van der Waals surface area contributed by atoms with Crippen molar-refractivity contribution in [3.8, 4) is 0 Å². The smallest absolute Gasteiger partial charge is 0.0376 e. The van der Waals surface area contributed by atoms with Gasteiger partial charge in [-0.15, -0.1) is 0 Å². The standard InChI is InChI=1S/C14H20N2/c1-2-4-14-13(3-1)12(10-16-14)9-15-8-7-11-5-6-11/h1-4,11-12,15-16H,5-10H2. The van der Waals surface area contributed by atoms with E-state index in [-0.39, 0.29) is 0 Å². The quantitative estimate of drug-likeness (QED) is 0.739. The van der Waals surface area contributed by atoms with Crippen LogP contribution < -0.4 is 10.6 Å². The Hall–Kier alpha value is -1.02. The van der Waals surface area contributed by atoms with Gasteiger partial charge in [0, 0.05) is 24.7 Å². The van der Waals surface area contributed by atoms with Crippen molar-refractivity contribution in [1.82, 2.24) is 5.32 Å². The molecule has 3 rings (SSSR count). The summed E-state index contributed by atoms with van der Waals surface area (Å²) in [6, 6.07) is 8.68. The van der Waals surface area contributed by atoms with Crippen LogP contribution in [-0.2, 0) is 0 Å². The molecule has 1 aromatic rings. The van der Waals surface area contributed by atoms with Crippen molar-refractivity contribution in [1.29, 1.82) is 0 Å². The highest BCUT2D eigenvalue weighted by Gasteiger charge is 2.22. The summed E-state index contributed by atoms with van der Waals surface area (Å²) in [7, 11) is 0. The Morgan fingerprint density at radius 3 is 3.00 bits per heavy atom. The van der Waals surface area contributed by atoms with Crippen molar-refractivity contribution < 1.29 is 0 Å². The number of hydrogen-bond donors (Lipinski definition) is 2. The van der Waals surface area contributed by atoms with Crippen molar-refractivity contribution >= 4 is 5.69 Å². The molecule has 0 saturated heterocycles. The summed E-state index contributed by atoms with van der Waals surface area (Å²) in [6.07, 6.45) is 4.31. The van der Waals surface area contributed by atoms with Crippen molar-refractivity contribution in [2.75, 3.05) is 25.0 Å². The third-order valence-corrected chi connectivity index (χ3v) is 3.76. The highest BCUT2D eigenvalue weighted by molar-refractivity contribution is 5.57. The average Bonchev–Trinajstić information content (AvgIpc) is 3.05. The van der Waals surface area contributed by atoms with Gasteiger partial charge in [-0.1, -0.05) is 31.0 Å². The van der Waals surface area contributed by atoms with E-state index < -0.39 is 0 Å². The fraction of sp³-hybridized carbons (Fsp3) is 0.571. The second-order valence-corrected chi connectivity index (χ2v) is 5.10. The molecule has 0 spiro atoms. The van der Waals surface area contributed by atoms with Crippen LogP contribution in [0.4, 0.5) is 5.69 Å². The SMILES string of the molecule is c1ccc2c(c1)NCC2CNCCC1CC1. The molecule has 2 N–H and O–H groups in total. The number of hydrogen-bond acceptors (Lipinski definition) is 2. The van der Waals surface area contributed by atoms with Gasteiger partial charge in [0.05, 0.1) is 0 Å². The van der Waals surface area contributed by atoms with Crippen LogP contribution in [0.2, 0.25) is 0 Å². The molecule has 0 aromatic heterocycles. The Labute approximate surface area is 97.4 Å². The van der Waals surface area contributed by atoms with Crippen molar-refractivity contribution in [3.05, 3.63) is 29.8 Å². The summed E-state index contributed by atoms with van der Waals surface area (Å²) >= 11 is 0. The first-order valence-corrected chi connectivity index (χ1v) is 6.47. The molecule has 1 atom stereocenters. The van der Waals surface area contributed by atoms with E-state index in [0.717, 1.165) is 19.0 Å². The van der Waals surface area contributed by atoms with Crippen molar-refractivity contribution in [2.45, 2.75) is 25.2 Å². The zero-order valence-electron chi connectivity index (χ0n) is 9.71. The first kappa shape index (κ1) is 10.2. The molecule has 1 aromatic carbocycles. The first-order chi connectivity index (χ1) is 7.93. The van der Waals surface area contributed by atoms with E-state index in [0.29, 0.717) is 5.92 Å². The van der Waals surface area contributed by atoms with E-state index in [1.54, 1.807) is 0 Å². The summed E-state index contributed by atoms with van der Waals surface area (Å²) < 4.78 is 0. The molecule has 1 aliphatic carbocycles. The minimum Gasteiger partial charge on any atom is -0.384 e. The second kappa shape index (κ2) is 4.46. The maximum absolute atomic E-state index is 3.60. The average molecular weight is 216 g/mol. The lowest BCUT2D eigenvalue weighted by Crippen LogP contribution is -2.23. The highest BCUT2D eigenvalue weighted by Crippen LogP contribution is 2.32. The minimum atomic E-state index is 0.662. The maximum Gasteiger partial charge on any atom is 0.0376 e. The van der Waals surface area contributed by atoms with Gasteiger partial charge in [0.25, 0.3) is 0 Å². The van der Waals surface area contributed by atoms with Crippen LogP contribution in [0.5, 0.6) is 0 Å². The van der Waals surface area contributed by atoms with Crippen LogP contribution in [0.15, 0.2) is 24.3 Å². The Kier molecular flexibility index (Phi) is 2.83. The number of nitrogens with one attached hydrogen (secondary N) is 2. The van der Waals surface area contributed by atoms with Crippen LogP contribution in [-0.4, -0.2) is 19.6 Å². The Morgan fingerprint density at radius 1 is 1.25 bits per heavy atom. The predicted molar refractivity (Wildman–Crippen MR) is 67.9 cm³/mol. The normalized spacial score (nSPS) is 22.9. The Bertz CT molecular complexity index is 358. The third-order valence-electron chi connectivity index (χ3n) is 3.76. The van der Waals surface area contributed by atoms with Crippen LogP contribution >= 0.6 is 0 Å². The zero-order valence-corrected chi connectivity index (χ0v) is 9.71. The Morgan fingerprint density at radius 2 is 2.12 bits per heavy atom. The largest absolute Gasteiger partial charge is 0.384 e. The van der Waals surface area contributed by atoms with E-state index in [1.807, 2.05) is 0 Å². The highest BCUT2D eigenvalue weighted by atomic mass is 14.9. The van der Waals surface area contributed by atoms with Crippen LogP contribution in [0.3, 0.4) is 0 Å². The van der Waals surface area contributed by atoms with Crippen LogP contribution in [0.1, 0.15) is 30.7 Å². The van der Waals surface area contributed by atoms with Gasteiger partial charge in [0.1, 0.15) is 0 Å². The van der Waals surface area contributed by atoms with Gasteiger partial charge < -0.3 is 10.6 Å². The molecule has 1 saturated carbocycles. The topological polar surface area (TPSA) is 24.1 Å². The van der Waals surface area contributed by atoms with Gasteiger partial charge in [-0.05, 0) is 30.5 Å². The molecular weight excluding hydrogens is 196 g/mol. The Balaban J connectivity index is 1.48. The number of anilines is 1. The lowest BCUT2D eigenvalue weighted by molar-refractivity contribution is 0.574. The van der Waals surface area contributed by atoms with E-state index in [4.69, 9.17) is 0 Å². The molecule has 86 valence electrons. The summed E-state index contributed by atoms with van der Waals surface area (Å²) in [5.41, 5.74) is 2.82. The van der Waals surface area contributed by atoms with E-state index in [9.17, 15) is 0 Å². The fourth-order valence-corrected chi connectivity index (χ4v) is 2.53. The summed E-state index contributed by atoms with van der Waals surface area (Å²) in [6.45, 7) is 3.41. The zero-order chi connectivity index (χ0) is 10.8. The number of para-hydroxylation sites is 1. The van der Waals surface area contributed by atoms with Crippen molar-refractivity contribution in [3.63, 3.8) is 0 Å². The van der Waals surface area contributed by atoms with Gasteiger partial charge in [-0.25, -0.2) is 0 Å². The van der Waals surface area contributed by atoms with Gasteiger partial charge in [-0.2, -0.15) is 0 Å². The van der Waals surface area contributed by atoms with Crippen LogP contribution in [0, 0.1) is 5.92 Å². The molecule has 1 heterocycles. The predicted octanol–water partition coefficient (Wildman–Crippen LogP) is 2.59. The molecule has 0 radical (unpaired) electrons. The molecule has 1 aliphatic heterocycles. The monoisotopic (exact) mass is 216 g/mol. The van der Waals surface area contributed by atoms with Gasteiger partial charge in [0.2, 0.25) is 0 Å².